The van der Waals surface area contributed by atoms with Crippen LogP contribution in [0, 0.1) is 11.8 Å². The molecule has 2 rings (SSSR count). The molecule has 3 atom stereocenters. The van der Waals surface area contributed by atoms with Crippen molar-refractivity contribution >= 4 is 11.9 Å². The fourth-order valence-electron chi connectivity index (χ4n) is 3.23. The average molecular weight is 343 g/mol. The highest BCUT2D eigenvalue weighted by Crippen LogP contribution is 2.41. The molecule has 8 heteroatoms. The fraction of sp³-hybridized carbons (Fsp3) is 0.500. The van der Waals surface area contributed by atoms with Crippen molar-refractivity contribution in [3.63, 3.8) is 0 Å². The lowest BCUT2D eigenvalue weighted by Gasteiger charge is -2.34. The van der Waals surface area contributed by atoms with Crippen molar-refractivity contribution in [2.45, 2.75) is 31.4 Å². The zero-order valence-corrected chi connectivity index (χ0v) is 13.0. The minimum atomic E-state index is -4.40. The number of benzene rings is 1. The number of carboxylic acid groups (broad SMARTS) is 1. The van der Waals surface area contributed by atoms with Crippen molar-refractivity contribution in [2.24, 2.45) is 28.3 Å². The first kappa shape index (κ1) is 18.1. The van der Waals surface area contributed by atoms with Crippen molar-refractivity contribution < 1.29 is 23.1 Å². The van der Waals surface area contributed by atoms with Crippen LogP contribution in [0.5, 0.6) is 0 Å². The van der Waals surface area contributed by atoms with Crippen LogP contribution in [0.4, 0.5) is 13.2 Å². The summed E-state index contributed by atoms with van der Waals surface area (Å²) < 4.78 is 38.1. The molecular formula is C16H20F3N3O2. The van der Waals surface area contributed by atoms with Crippen LogP contribution >= 0.6 is 0 Å². The number of hydrogen-bond acceptors (Lipinski definition) is 2. The standard InChI is InChI=1S/C16H20F3N3O2/c17-16(18,19)12-5-3-9(4-6-12)13-7-10(14(23)24)1-2-11(13)8-22-15(20)21/h3-6,10-11,13H,1-2,7-8H2,(H,23,24)(H4,20,21,22). The second-order valence-electron chi connectivity index (χ2n) is 6.10. The lowest BCUT2D eigenvalue weighted by Crippen LogP contribution is -2.31. The molecule has 1 saturated carbocycles. The second kappa shape index (κ2) is 7.11. The maximum Gasteiger partial charge on any atom is 0.416 e. The topological polar surface area (TPSA) is 102 Å². The van der Waals surface area contributed by atoms with Gasteiger partial charge in [-0.3, -0.25) is 9.79 Å². The molecule has 1 aromatic carbocycles. The Kier molecular flexibility index (Phi) is 5.36. The fourth-order valence-corrected chi connectivity index (χ4v) is 3.23. The van der Waals surface area contributed by atoms with E-state index in [0.717, 1.165) is 12.1 Å². The Morgan fingerprint density at radius 1 is 1.21 bits per heavy atom. The number of rotatable bonds is 4. The second-order valence-corrected chi connectivity index (χ2v) is 6.10. The Morgan fingerprint density at radius 3 is 2.33 bits per heavy atom. The Labute approximate surface area is 137 Å². The smallest absolute Gasteiger partial charge is 0.416 e. The zero-order valence-electron chi connectivity index (χ0n) is 13.0. The van der Waals surface area contributed by atoms with Gasteiger partial charge in [0.25, 0.3) is 0 Å². The zero-order chi connectivity index (χ0) is 17.9. The van der Waals surface area contributed by atoms with Gasteiger partial charge in [-0.25, -0.2) is 0 Å². The summed E-state index contributed by atoms with van der Waals surface area (Å²) in [5, 5.41) is 9.24. The Balaban J connectivity index is 2.25. The Hall–Kier alpha value is -2.25. The van der Waals surface area contributed by atoms with E-state index in [2.05, 4.69) is 4.99 Å². The predicted octanol–water partition coefficient (Wildman–Crippen LogP) is 2.56. The number of carboxylic acids is 1. The summed E-state index contributed by atoms with van der Waals surface area (Å²) in [7, 11) is 0. The van der Waals surface area contributed by atoms with Crippen LogP contribution in [-0.4, -0.2) is 23.6 Å². The first-order valence-corrected chi connectivity index (χ1v) is 7.64. The van der Waals surface area contributed by atoms with Gasteiger partial charge in [0.1, 0.15) is 0 Å². The van der Waals surface area contributed by atoms with Gasteiger partial charge in [-0.05, 0) is 48.8 Å². The van der Waals surface area contributed by atoms with Gasteiger partial charge in [0.15, 0.2) is 5.96 Å². The van der Waals surface area contributed by atoms with Crippen LogP contribution < -0.4 is 11.5 Å². The quantitative estimate of drug-likeness (QED) is 0.577. The SMILES string of the molecule is NC(N)=NCC1CCC(C(=O)O)CC1c1ccc(C(F)(F)F)cc1. The first-order valence-electron chi connectivity index (χ1n) is 7.64. The lowest BCUT2D eigenvalue weighted by atomic mass is 9.71. The van der Waals surface area contributed by atoms with E-state index in [1.807, 2.05) is 0 Å². The summed E-state index contributed by atoms with van der Waals surface area (Å²) in [6, 6.07) is 4.88. The molecule has 0 radical (unpaired) electrons. The van der Waals surface area contributed by atoms with Gasteiger partial charge in [0.05, 0.1) is 11.5 Å². The van der Waals surface area contributed by atoms with Crippen LogP contribution in [-0.2, 0) is 11.0 Å². The summed E-state index contributed by atoms with van der Waals surface area (Å²) >= 11 is 0. The Bertz CT molecular complexity index is 610. The van der Waals surface area contributed by atoms with Gasteiger partial charge >= 0.3 is 12.1 Å². The highest BCUT2D eigenvalue weighted by atomic mass is 19.4. The lowest BCUT2D eigenvalue weighted by molar-refractivity contribution is -0.143. The number of halogens is 3. The largest absolute Gasteiger partial charge is 0.481 e. The molecule has 1 aliphatic carbocycles. The van der Waals surface area contributed by atoms with Crippen LogP contribution in [0.2, 0.25) is 0 Å². The molecule has 0 aliphatic heterocycles. The van der Waals surface area contributed by atoms with Crippen LogP contribution in [0.1, 0.15) is 36.3 Å². The van der Waals surface area contributed by atoms with Crippen LogP contribution in [0.25, 0.3) is 0 Å². The summed E-state index contributed by atoms with van der Waals surface area (Å²) in [6.45, 7) is 0.334. The van der Waals surface area contributed by atoms with E-state index >= 15 is 0 Å². The van der Waals surface area contributed by atoms with E-state index < -0.39 is 23.6 Å². The molecule has 0 aromatic heterocycles. The number of nitrogens with zero attached hydrogens (tertiary/aromatic N) is 1. The normalized spacial score (nSPS) is 24.4. The van der Waals surface area contributed by atoms with Gasteiger partial charge in [0, 0.05) is 6.54 Å². The van der Waals surface area contributed by atoms with E-state index in [1.165, 1.54) is 12.1 Å². The third-order valence-corrected chi connectivity index (χ3v) is 4.52. The molecule has 1 fully saturated rings. The van der Waals surface area contributed by atoms with Crippen molar-refractivity contribution in [1.82, 2.24) is 0 Å². The molecule has 5 N–H and O–H groups in total. The van der Waals surface area contributed by atoms with Crippen molar-refractivity contribution in [2.75, 3.05) is 6.54 Å². The number of aliphatic imine (C=N–C) groups is 1. The van der Waals surface area contributed by atoms with Crippen molar-refractivity contribution in [3.8, 4) is 0 Å². The number of aliphatic carboxylic acids is 1. The van der Waals surface area contributed by atoms with E-state index in [1.54, 1.807) is 0 Å². The summed E-state index contributed by atoms with van der Waals surface area (Å²) in [6.07, 6.45) is -2.91. The summed E-state index contributed by atoms with van der Waals surface area (Å²) in [4.78, 5) is 15.3. The van der Waals surface area contributed by atoms with E-state index in [4.69, 9.17) is 11.5 Å². The molecule has 0 bridgehead atoms. The highest BCUT2D eigenvalue weighted by molar-refractivity contribution is 5.75. The van der Waals surface area contributed by atoms with Gasteiger partial charge in [0.2, 0.25) is 0 Å². The van der Waals surface area contributed by atoms with Crippen LogP contribution in [0.15, 0.2) is 29.3 Å². The monoisotopic (exact) mass is 343 g/mol. The molecule has 0 saturated heterocycles. The molecule has 1 aliphatic rings. The number of nitrogens with two attached hydrogens (primary N) is 2. The third kappa shape index (κ3) is 4.39. The van der Waals surface area contributed by atoms with Crippen molar-refractivity contribution in [3.05, 3.63) is 35.4 Å². The van der Waals surface area contributed by atoms with Gasteiger partial charge < -0.3 is 16.6 Å². The minimum absolute atomic E-state index is 0.000522. The molecule has 5 nitrogen and oxygen atoms in total. The van der Waals surface area contributed by atoms with E-state index in [0.29, 0.717) is 31.4 Å². The Morgan fingerprint density at radius 2 is 1.83 bits per heavy atom. The number of carbonyl (C=O) groups is 1. The van der Waals surface area contributed by atoms with Crippen LogP contribution in [0.3, 0.4) is 0 Å². The summed E-state index contributed by atoms with van der Waals surface area (Å²) in [5.41, 5.74) is 10.7. The van der Waals surface area contributed by atoms with Gasteiger partial charge in [-0.1, -0.05) is 12.1 Å². The predicted molar refractivity (Wildman–Crippen MR) is 83.3 cm³/mol. The molecule has 0 heterocycles. The number of guanidine groups is 1. The molecular weight excluding hydrogens is 323 g/mol. The maximum absolute atomic E-state index is 12.7. The maximum atomic E-state index is 12.7. The molecule has 132 valence electrons. The van der Waals surface area contributed by atoms with Gasteiger partial charge in [-0.15, -0.1) is 0 Å². The molecule has 3 unspecified atom stereocenters. The third-order valence-electron chi connectivity index (χ3n) is 4.52. The highest BCUT2D eigenvalue weighted by Gasteiger charge is 2.35. The van der Waals surface area contributed by atoms with Gasteiger partial charge in [-0.2, -0.15) is 13.2 Å². The molecule has 0 spiro atoms. The first-order chi connectivity index (χ1) is 11.2. The average Bonchev–Trinajstić information content (AvgIpc) is 2.52. The molecule has 24 heavy (non-hydrogen) atoms. The minimum Gasteiger partial charge on any atom is -0.481 e. The van der Waals surface area contributed by atoms with E-state index in [-0.39, 0.29) is 17.8 Å². The summed E-state index contributed by atoms with van der Waals surface area (Å²) in [5.74, 6) is -1.63. The van der Waals surface area contributed by atoms with Crippen molar-refractivity contribution in [1.29, 1.82) is 0 Å². The molecule has 0 amide bonds. The number of hydrogen-bond donors (Lipinski definition) is 3. The number of alkyl halides is 3. The molecule has 1 aromatic rings. The van der Waals surface area contributed by atoms with E-state index in [9.17, 15) is 23.1 Å².